The van der Waals surface area contributed by atoms with Gasteiger partial charge in [-0.2, -0.15) is 0 Å². The summed E-state index contributed by atoms with van der Waals surface area (Å²) in [5.74, 6) is -0.0521. The summed E-state index contributed by atoms with van der Waals surface area (Å²) < 4.78 is 21.3. The molecule has 0 rings (SSSR count). The molecular weight excluding hydrogens is 316 g/mol. The van der Waals surface area contributed by atoms with Gasteiger partial charge in [0.1, 0.15) is 6.29 Å². The molecule has 0 saturated carbocycles. The number of amides is 1. The van der Waals surface area contributed by atoms with E-state index < -0.39 is 0 Å². The number of nitrogens with one attached hydrogen (secondary N) is 2. The molecule has 0 aliphatic rings. The zero-order chi connectivity index (χ0) is 17.7. The average Bonchev–Trinajstić information content (AvgIpc) is 2.58. The van der Waals surface area contributed by atoms with Gasteiger partial charge in [-0.3, -0.25) is 4.79 Å². The minimum absolute atomic E-state index is 0.0521. The molecule has 0 heterocycles. The van der Waals surface area contributed by atoms with Crippen molar-refractivity contribution in [3.05, 3.63) is 0 Å². The largest absolute Gasteiger partial charge is 0.378 e. The molecule has 0 radical (unpaired) electrons. The van der Waals surface area contributed by atoms with Crippen LogP contribution < -0.4 is 10.6 Å². The quantitative estimate of drug-likeness (QED) is 0.246. The molecule has 24 heavy (non-hydrogen) atoms. The summed E-state index contributed by atoms with van der Waals surface area (Å²) in [7, 11) is 1.88. The number of aldehydes is 1. The number of unbranched alkanes of at least 4 members (excludes halogenated alkanes) is 1. The van der Waals surface area contributed by atoms with E-state index in [0.29, 0.717) is 78.7 Å². The summed E-state index contributed by atoms with van der Waals surface area (Å²) in [4.78, 5) is 21.4. The van der Waals surface area contributed by atoms with Gasteiger partial charge in [-0.15, -0.1) is 0 Å². The van der Waals surface area contributed by atoms with Crippen LogP contribution in [0.1, 0.15) is 19.3 Å². The predicted molar refractivity (Wildman–Crippen MR) is 90.1 cm³/mol. The van der Waals surface area contributed by atoms with Gasteiger partial charge in [0, 0.05) is 25.9 Å². The maximum atomic E-state index is 11.3. The standard InChI is InChI=1S/C16H32N2O6/c1-17-5-8-21-10-12-23-14-15-24-13-11-22-9-6-18-16(20)4-2-3-7-19/h7,17H,2-6,8-15H2,1H3,(H,18,20). The summed E-state index contributed by atoms with van der Waals surface area (Å²) in [5.41, 5.74) is 0. The lowest BCUT2D eigenvalue weighted by Crippen LogP contribution is -2.27. The number of rotatable bonds is 19. The molecule has 0 aliphatic carbocycles. The molecule has 0 aromatic rings. The average molecular weight is 348 g/mol. The third-order valence-electron chi connectivity index (χ3n) is 2.91. The van der Waals surface area contributed by atoms with Crippen molar-refractivity contribution in [2.75, 3.05) is 73.0 Å². The molecule has 0 aromatic heterocycles. The highest BCUT2D eigenvalue weighted by Crippen LogP contribution is 1.91. The van der Waals surface area contributed by atoms with Gasteiger partial charge in [-0.05, 0) is 13.5 Å². The molecule has 2 N–H and O–H groups in total. The third kappa shape index (κ3) is 19.0. The fourth-order valence-corrected chi connectivity index (χ4v) is 1.63. The summed E-state index contributed by atoms with van der Waals surface area (Å²) in [6.07, 6.45) is 2.21. The predicted octanol–water partition coefficient (Wildman–Crippen LogP) is -0.242. The van der Waals surface area contributed by atoms with Gasteiger partial charge >= 0.3 is 0 Å². The molecule has 0 saturated heterocycles. The van der Waals surface area contributed by atoms with Gasteiger partial charge in [0.05, 0.1) is 52.9 Å². The lowest BCUT2D eigenvalue weighted by molar-refractivity contribution is -0.121. The number of hydrogen-bond acceptors (Lipinski definition) is 7. The SMILES string of the molecule is CNCCOCCOCCOCCOCCNC(=O)CCCC=O. The number of carbonyl (C=O) groups is 2. The van der Waals surface area contributed by atoms with Gasteiger partial charge in [0.15, 0.2) is 0 Å². The highest BCUT2D eigenvalue weighted by atomic mass is 16.6. The number of likely N-dealkylation sites (N-methyl/N-ethyl adjacent to an activating group) is 1. The Morgan fingerprint density at radius 3 is 1.83 bits per heavy atom. The number of carbonyl (C=O) groups excluding carboxylic acids is 2. The van der Waals surface area contributed by atoms with Crippen molar-refractivity contribution in [1.29, 1.82) is 0 Å². The Morgan fingerprint density at radius 1 is 0.833 bits per heavy atom. The zero-order valence-electron chi connectivity index (χ0n) is 14.7. The van der Waals surface area contributed by atoms with E-state index in [1.54, 1.807) is 0 Å². The van der Waals surface area contributed by atoms with Crippen molar-refractivity contribution < 1.29 is 28.5 Å². The fraction of sp³-hybridized carbons (Fsp3) is 0.875. The molecule has 1 amide bonds. The Kier molecular flexibility index (Phi) is 19.1. The molecule has 8 nitrogen and oxygen atoms in total. The van der Waals surface area contributed by atoms with Crippen molar-refractivity contribution in [2.24, 2.45) is 0 Å². The minimum atomic E-state index is -0.0521. The van der Waals surface area contributed by atoms with Crippen LogP contribution in [-0.2, 0) is 28.5 Å². The topological polar surface area (TPSA) is 95.1 Å². The molecule has 0 unspecified atom stereocenters. The molecule has 0 atom stereocenters. The van der Waals surface area contributed by atoms with E-state index in [1.807, 2.05) is 7.05 Å². The van der Waals surface area contributed by atoms with Gasteiger partial charge in [-0.1, -0.05) is 0 Å². The van der Waals surface area contributed by atoms with Crippen LogP contribution >= 0.6 is 0 Å². The van der Waals surface area contributed by atoms with Crippen molar-refractivity contribution in [1.82, 2.24) is 10.6 Å². The monoisotopic (exact) mass is 348 g/mol. The van der Waals surface area contributed by atoms with Crippen molar-refractivity contribution >= 4 is 12.2 Å². The Balaban J connectivity index is 3.07. The van der Waals surface area contributed by atoms with Crippen LogP contribution in [0, 0.1) is 0 Å². The molecular formula is C16H32N2O6. The van der Waals surface area contributed by atoms with Crippen LogP contribution in [0.4, 0.5) is 0 Å². The van der Waals surface area contributed by atoms with E-state index in [4.69, 9.17) is 18.9 Å². The van der Waals surface area contributed by atoms with E-state index >= 15 is 0 Å². The first-order valence-electron chi connectivity index (χ1n) is 8.47. The van der Waals surface area contributed by atoms with E-state index in [9.17, 15) is 9.59 Å². The van der Waals surface area contributed by atoms with E-state index in [2.05, 4.69) is 10.6 Å². The van der Waals surface area contributed by atoms with Crippen molar-refractivity contribution in [3.63, 3.8) is 0 Å². The second kappa shape index (κ2) is 20.0. The molecule has 0 aromatic carbocycles. The Labute approximate surface area is 144 Å². The first-order valence-corrected chi connectivity index (χ1v) is 8.47. The summed E-state index contributed by atoms with van der Waals surface area (Å²) in [6, 6.07) is 0. The maximum Gasteiger partial charge on any atom is 0.220 e. The Hall–Kier alpha value is -1.06. The minimum Gasteiger partial charge on any atom is -0.378 e. The lowest BCUT2D eigenvalue weighted by atomic mass is 10.2. The Morgan fingerprint density at radius 2 is 1.33 bits per heavy atom. The second-order valence-corrected chi connectivity index (χ2v) is 4.96. The van der Waals surface area contributed by atoms with Crippen LogP contribution in [0.2, 0.25) is 0 Å². The van der Waals surface area contributed by atoms with Crippen LogP contribution in [0.25, 0.3) is 0 Å². The van der Waals surface area contributed by atoms with Crippen LogP contribution in [-0.4, -0.2) is 85.2 Å². The first kappa shape index (κ1) is 22.9. The highest BCUT2D eigenvalue weighted by molar-refractivity contribution is 5.76. The van der Waals surface area contributed by atoms with Gasteiger partial charge in [0.25, 0.3) is 0 Å². The first-order chi connectivity index (χ1) is 11.8. The zero-order valence-corrected chi connectivity index (χ0v) is 14.7. The molecule has 8 heteroatoms. The van der Waals surface area contributed by atoms with Crippen LogP contribution in [0.3, 0.4) is 0 Å². The maximum absolute atomic E-state index is 11.3. The van der Waals surface area contributed by atoms with Gasteiger partial charge < -0.3 is 34.4 Å². The van der Waals surface area contributed by atoms with E-state index in [0.717, 1.165) is 12.8 Å². The molecule has 142 valence electrons. The summed E-state index contributed by atoms with van der Waals surface area (Å²) in [6.45, 7) is 5.63. The highest BCUT2D eigenvalue weighted by Gasteiger charge is 1.99. The van der Waals surface area contributed by atoms with Crippen molar-refractivity contribution in [3.8, 4) is 0 Å². The number of ether oxygens (including phenoxy) is 4. The Bertz CT molecular complexity index is 292. The van der Waals surface area contributed by atoms with E-state index in [1.165, 1.54) is 0 Å². The van der Waals surface area contributed by atoms with Gasteiger partial charge in [0.2, 0.25) is 5.91 Å². The lowest BCUT2D eigenvalue weighted by Gasteiger charge is -2.08. The van der Waals surface area contributed by atoms with E-state index in [-0.39, 0.29) is 5.91 Å². The normalized spacial score (nSPS) is 10.7. The second-order valence-electron chi connectivity index (χ2n) is 4.96. The van der Waals surface area contributed by atoms with Crippen LogP contribution in [0.15, 0.2) is 0 Å². The fourth-order valence-electron chi connectivity index (χ4n) is 1.63. The van der Waals surface area contributed by atoms with Crippen LogP contribution in [0.5, 0.6) is 0 Å². The third-order valence-corrected chi connectivity index (χ3v) is 2.91. The molecule has 0 aliphatic heterocycles. The molecule has 0 spiro atoms. The van der Waals surface area contributed by atoms with Crippen molar-refractivity contribution in [2.45, 2.75) is 19.3 Å². The smallest absolute Gasteiger partial charge is 0.220 e. The summed E-state index contributed by atoms with van der Waals surface area (Å²) in [5, 5.41) is 5.73. The molecule has 0 fully saturated rings. The summed E-state index contributed by atoms with van der Waals surface area (Å²) >= 11 is 0. The molecule has 0 bridgehead atoms. The van der Waals surface area contributed by atoms with Gasteiger partial charge in [-0.25, -0.2) is 0 Å². The number of hydrogen-bond donors (Lipinski definition) is 2.